The molecule has 2 saturated heterocycles. The molecular formula is C16H19NO2. The van der Waals surface area contributed by atoms with Gasteiger partial charge in [0.2, 0.25) is 0 Å². The Balaban J connectivity index is 1.86. The number of benzene rings is 1. The van der Waals surface area contributed by atoms with Crippen LogP contribution < -0.4 is 0 Å². The number of fused-ring (bicyclic) bond motifs is 2. The predicted molar refractivity (Wildman–Crippen MR) is 73.0 cm³/mol. The van der Waals surface area contributed by atoms with Crippen LogP contribution >= 0.6 is 0 Å². The lowest BCUT2D eigenvalue weighted by molar-refractivity contribution is -0.125. The Morgan fingerprint density at radius 1 is 1.11 bits per heavy atom. The van der Waals surface area contributed by atoms with Gasteiger partial charge in [0.15, 0.2) is 0 Å². The first-order chi connectivity index (χ1) is 9.15. The van der Waals surface area contributed by atoms with Crippen LogP contribution in [0.2, 0.25) is 0 Å². The van der Waals surface area contributed by atoms with Gasteiger partial charge in [-0.1, -0.05) is 17.7 Å². The van der Waals surface area contributed by atoms with Crippen LogP contribution in [0.1, 0.15) is 48.0 Å². The highest BCUT2D eigenvalue weighted by atomic mass is 16.2. The molecule has 2 atom stereocenters. The van der Waals surface area contributed by atoms with E-state index in [4.69, 9.17) is 0 Å². The second-order valence-electron chi connectivity index (χ2n) is 5.76. The second-order valence-corrected chi connectivity index (χ2v) is 5.76. The molecule has 3 nitrogen and oxygen atoms in total. The molecule has 2 aliphatic rings. The number of piperidine rings is 2. The number of hydrogen-bond donors (Lipinski definition) is 0. The van der Waals surface area contributed by atoms with E-state index in [-0.39, 0.29) is 18.0 Å². The van der Waals surface area contributed by atoms with Gasteiger partial charge in [-0.05, 0) is 38.3 Å². The highest BCUT2D eigenvalue weighted by molar-refractivity contribution is 5.96. The lowest BCUT2D eigenvalue weighted by Gasteiger charge is -2.45. The van der Waals surface area contributed by atoms with Crippen molar-refractivity contribution in [2.45, 2.75) is 51.1 Å². The molecule has 0 aromatic heterocycles. The van der Waals surface area contributed by atoms with E-state index in [0.29, 0.717) is 18.6 Å². The van der Waals surface area contributed by atoms with Crippen molar-refractivity contribution >= 4 is 11.7 Å². The van der Waals surface area contributed by atoms with Gasteiger partial charge in [0.05, 0.1) is 0 Å². The summed E-state index contributed by atoms with van der Waals surface area (Å²) in [7, 11) is 0. The molecule has 2 heterocycles. The number of carbonyl (C=O) groups excluding carboxylic acids is 2. The van der Waals surface area contributed by atoms with Crippen molar-refractivity contribution in [2.24, 2.45) is 0 Å². The van der Waals surface area contributed by atoms with Crippen molar-refractivity contribution < 1.29 is 9.59 Å². The molecule has 1 aromatic rings. The molecule has 0 aliphatic carbocycles. The molecule has 100 valence electrons. The summed E-state index contributed by atoms with van der Waals surface area (Å²) < 4.78 is 0. The van der Waals surface area contributed by atoms with Gasteiger partial charge in [-0.3, -0.25) is 9.59 Å². The average molecular weight is 257 g/mol. The first-order valence-corrected chi connectivity index (χ1v) is 7.06. The molecule has 3 heteroatoms. The molecule has 19 heavy (non-hydrogen) atoms. The third kappa shape index (κ3) is 2.29. The van der Waals surface area contributed by atoms with Gasteiger partial charge in [-0.2, -0.15) is 0 Å². The van der Waals surface area contributed by atoms with Crippen molar-refractivity contribution in [2.75, 3.05) is 0 Å². The smallest absolute Gasteiger partial charge is 0.254 e. The largest absolute Gasteiger partial charge is 0.332 e. The van der Waals surface area contributed by atoms with Crippen LogP contribution in [0.25, 0.3) is 0 Å². The predicted octanol–water partition coefficient (Wildman–Crippen LogP) is 2.72. The fourth-order valence-corrected chi connectivity index (χ4v) is 3.35. The molecule has 2 bridgehead atoms. The number of aryl methyl sites for hydroxylation is 1. The Morgan fingerprint density at radius 3 is 2.26 bits per heavy atom. The molecule has 0 saturated carbocycles. The normalized spacial score (nSPS) is 26.4. The fraction of sp³-hybridized carbons (Fsp3) is 0.500. The molecule has 1 aromatic carbocycles. The summed E-state index contributed by atoms with van der Waals surface area (Å²) in [4.78, 5) is 26.3. The van der Waals surface area contributed by atoms with E-state index in [0.717, 1.165) is 30.4 Å². The number of nitrogens with zero attached hydrogens (tertiary/aromatic N) is 1. The Hall–Kier alpha value is -1.64. The number of ketones is 1. The van der Waals surface area contributed by atoms with Crippen LogP contribution in [0.15, 0.2) is 24.3 Å². The lowest BCUT2D eigenvalue weighted by Crippen LogP contribution is -2.54. The van der Waals surface area contributed by atoms with E-state index < -0.39 is 0 Å². The van der Waals surface area contributed by atoms with Gasteiger partial charge in [0.25, 0.3) is 5.91 Å². The van der Waals surface area contributed by atoms with Crippen molar-refractivity contribution in [3.05, 3.63) is 35.4 Å². The van der Waals surface area contributed by atoms with Crippen LogP contribution in [-0.4, -0.2) is 28.7 Å². The Labute approximate surface area is 113 Å². The average Bonchev–Trinajstić information content (AvgIpc) is 2.37. The zero-order valence-electron chi connectivity index (χ0n) is 11.3. The molecule has 0 spiro atoms. The second kappa shape index (κ2) is 4.80. The van der Waals surface area contributed by atoms with Crippen molar-refractivity contribution in [1.82, 2.24) is 4.90 Å². The third-order valence-electron chi connectivity index (χ3n) is 4.32. The zero-order chi connectivity index (χ0) is 13.4. The van der Waals surface area contributed by atoms with Crippen LogP contribution in [0.3, 0.4) is 0 Å². The van der Waals surface area contributed by atoms with E-state index in [9.17, 15) is 9.59 Å². The minimum absolute atomic E-state index is 0.0993. The zero-order valence-corrected chi connectivity index (χ0v) is 11.3. The number of rotatable bonds is 1. The number of Topliss-reactive ketones (excluding diaryl/α,β-unsaturated/α-hetero) is 1. The first kappa shape index (κ1) is 12.4. The maximum atomic E-state index is 12.6. The summed E-state index contributed by atoms with van der Waals surface area (Å²) in [6.07, 6.45) is 4.18. The molecule has 0 radical (unpaired) electrons. The number of carbonyl (C=O) groups is 2. The van der Waals surface area contributed by atoms with Crippen molar-refractivity contribution in [1.29, 1.82) is 0 Å². The van der Waals surface area contributed by atoms with Crippen LogP contribution in [0, 0.1) is 6.92 Å². The van der Waals surface area contributed by atoms with Gasteiger partial charge in [0, 0.05) is 30.5 Å². The van der Waals surface area contributed by atoms with E-state index >= 15 is 0 Å². The summed E-state index contributed by atoms with van der Waals surface area (Å²) >= 11 is 0. The van der Waals surface area contributed by atoms with Gasteiger partial charge in [-0.25, -0.2) is 0 Å². The Bertz CT molecular complexity index is 490. The van der Waals surface area contributed by atoms with Gasteiger partial charge >= 0.3 is 0 Å². The molecular weight excluding hydrogens is 238 g/mol. The highest BCUT2D eigenvalue weighted by Gasteiger charge is 2.40. The van der Waals surface area contributed by atoms with Crippen molar-refractivity contribution in [3.8, 4) is 0 Å². The minimum Gasteiger partial charge on any atom is -0.332 e. The molecule has 2 aliphatic heterocycles. The summed E-state index contributed by atoms with van der Waals surface area (Å²) in [5.41, 5.74) is 1.91. The van der Waals surface area contributed by atoms with E-state index in [1.165, 1.54) is 0 Å². The maximum Gasteiger partial charge on any atom is 0.254 e. The van der Waals surface area contributed by atoms with E-state index in [2.05, 4.69) is 0 Å². The highest BCUT2D eigenvalue weighted by Crippen LogP contribution is 2.33. The van der Waals surface area contributed by atoms with Crippen molar-refractivity contribution in [3.63, 3.8) is 0 Å². The molecule has 2 fully saturated rings. The van der Waals surface area contributed by atoms with Crippen LogP contribution in [0.5, 0.6) is 0 Å². The Morgan fingerprint density at radius 2 is 1.68 bits per heavy atom. The molecule has 1 amide bonds. The van der Waals surface area contributed by atoms with Crippen LogP contribution in [-0.2, 0) is 4.79 Å². The quantitative estimate of drug-likeness (QED) is 0.775. The fourth-order valence-electron chi connectivity index (χ4n) is 3.35. The third-order valence-corrected chi connectivity index (χ3v) is 4.32. The summed E-state index contributed by atoms with van der Waals surface area (Å²) in [5, 5.41) is 0. The Kier molecular flexibility index (Phi) is 3.13. The summed E-state index contributed by atoms with van der Waals surface area (Å²) in [6, 6.07) is 7.99. The topological polar surface area (TPSA) is 37.4 Å². The van der Waals surface area contributed by atoms with E-state index in [1.807, 2.05) is 36.1 Å². The SMILES string of the molecule is Cc1ccc(C(=O)N2C3CCCC2CC(=O)C3)cc1. The first-order valence-electron chi connectivity index (χ1n) is 7.06. The van der Waals surface area contributed by atoms with E-state index in [1.54, 1.807) is 0 Å². The summed E-state index contributed by atoms with van der Waals surface area (Å²) in [5.74, 6) is 0.421. The van der Waals surface area contributed by atoms with Crippen LogP contribution in [0.4, 0.5) is 0 Å². The monoisotopic (exact) mass is 257 g/mol. The maximum absolute atomic E-state index is 12.6. The van der Waals surface area contributed by atoms with Gasteiger partial charge < -0.3 is 4.90 Å². The standard InChI is InChI=1S/C16H19NO2/c1-11-5-7-12(8-6-11)16(19)17-13-3-2-4-14(17)10-15(18)9-13/h5-8,13-14H,2-4,9-10H2,1H3. The molecule has 2 unspecified atom stereocenters. The number of amides is 1. The van der Waals surface area contributed by atoms with Gasteiger partial charge in [-0.15, -0.1) is 0 Å². The van der Waals surface area contributed by atoms with Gasteiger partial charge in [0.1, 0.15) is 5.78 Å². The minimum atomic E-state index is 0.0993. The molecule has 0 N–H and O–H groups in total. The lowest BCUT2D eigenvalue weighted by atomic mass is 9.83. The summed E-state index contributed by atoms with van der Waals surface area (Å²) in [6.45, 7) is 2.02. The molecule has 3 rings (SSSR count). The number of hydrogen-bond acceptors (Lipinski definition) is 2.